The molecule has 5 nitrogen and oxygen atoms in total. The third kappa shape index (κ3) is 0.843. The van der Waals surface area contributed by atoms with Gasteiger partial charge < -0.3 is 0 Å². The Morgan fingerprint density at radius 2 is 2.14 bits per heavy atom. The number of thiazole rings is 1. The highest BCUT2D eigenvalue weighted by atomic mass is 32.1. The minimum absolute atomic E-state index is 0.454. The maximum atomic E-state index is 8.72. The maximum absolute atomic E-state index is 8.72. The summed E-state index contributed by atoms with van der Waals surface area (Å²) in [6, 6.07) is 5.70. The van der Waals surface area contributed by atoms with Gasteiger partial charge in [0.2, 0.25) is 0 Å². The minimum atomic E-state index is 0.454. The molecule has 3 aromatic rings. The summed E-state index contributed by atoms with van der Waals surface area (Å²) in [5.41, 5.74) is 2.38. The normalized spacial score (nSPS) is 10.8. The second-order valence-electron chi connectivity index (χ2n) is 2.74. The summed E-state index contributed by atoms with van der Waals surface area (Å²) in [6.07, 6.45) is 0. The number of hydrogen-bond acceptors (Lipinski definition) is 5. The monoisotopic (exact) mass is 201 g/mol. The van der Waals surface area contributed by atoms with Gasteiger partial charge in [0.1, 0.15) is 17.1 Å². The van der Waals surface area contributed by atoms with E-state index >= 15 is 0 Å². The van der Waals surface area contributed by atoms with Crippen LogP contribution in [0.4, 0.5) is 0 Å². The fraction of sp³-hybridized carbons (Fsp3) is 0. The Morgan fingerprint density at radius 3 is 3.00 bits per heavy atom. The van der Waals surface area contributed by atoms with Gasteiger partial charge >= 0.3 is 0 Å². The molecule has 0 saturated heterocycles. The lowest BCUT2D eigenvalue weighted by Crippen LogP contribution is -1.71. The van der Waals surface area contributed by atoms with E-state index in [-0.39, 0.29) is 0 Å². The van der Waals surface area contributed by atoms with Gasteiger partial charge in [0, 0.05) is 0 Å². The average molecular weight is 201 g/mol. The molecule has 0 aliphatic heterocycles. The van der Waals surface area contributed by atoms with E-state index in [2.05, 4.69) is 20.4 Å². The second-order valence-corrected chi connectivity index (χ2v) is 3.74. The molecule has 2 heterocycles. The number of aromatic nitrogens is 4. The summed E-state index contributed by atoms with van der Waals surface area (Å²) < 4.78 is 0.910. The molecule has 0 unspecified atom stereocenters. The Kier molecular flexibility index (Phi) is 1.32. The third-order valence-electron chi connectivity index (χ3n) is 1.94. The van der Waals surface area contributed by atoms with Crippen molar-refractivity contribution >= 4 is 32.6 Å². The SMILES string of the molecule is N#Cc1nc2ccc3n[nH]nc3c2s1. The van der Waals surface area contributed by atoms with E-state index in [9.17, 15) is 0 Å². The second kappa shape index (κ2) is 2.49. The van der Waals surface area contributed by atoms with Crippen molar-refractivity contribution in [2.24, 2.45) is 0 Å². The van der Waals surface area contributed by atoms with Crippen molar-refractivity contribution in [1.29, 1.82) is 5.26 Å². The number of hydrogen-bond donors (Lipinski definition) is 1. The number of aromatic amines is 1. The Morgan fingerprint density at radius 1 is 1.29 bits per heavy atom. The van der Waals surface area contributed by atoms with Crippen LogP contribution in [0.2, 0.25) is 0 Å². The standard InChI is InChI=1S/C8H3N5S/c9-3-6-10-5-2-1-4-7(8(5)14-6)12-13-11-4/h1-2H,(H,11,12,13). The molecule has 6 heteroatoms. The van der Waals surface area contributed by atoms with E-state index in [4.69, 9.17) is 5.26 Å². The first kappa shape index (κ1) is 7.41. The highest BCUT2D eigenvalue weighted by Gasteiger charge is 2.09. The summed E-state index contributed by atoms with van der Waals surface area (Å²) in [6.45, 7) is 0. The molecule has 2 aromatic heterocycles. The molecule has 0 amide bonds. The van der Waals surface area contributed by atoms with Crippen molar-refractivity contribution in [3.63, 3.8) is 0 Å². The van der Waals surface area contributed by atoms with Crippen molar-refractivity contribution in [2.75, 3.05) is 0 Å². The predicted molar refractivity (Wildman–Crippen MR) is 51.8 cm³/mol. The highest BCUT2D eigenvalue weighted by molar-refractivity contribution is 7.20. The fourth-order valence-electron chi connectivity index (χ4n) is 1.34. The Labute approximate surface area is 82.0 Å². The van der Waals surface area contributed by atoms with Crippen LogP contribution < -0.4 is 0 Å². The Hall–Kier alpha value is -2.00. The molecule has 3 rings (SSSR count). The number of nitriles is 1. The number of H-pyrrole nitrogens is 1. The summed E-state index contributed by atoms with van der Waals surface area (Å²) in [5.74, 6) is 0. The van der Waals surface area contributed by atoms with Crippen LogP contribution in [0.3, 0.4) is 0 Å². The first-order chi connectivity index (χ1) is 6.88. The molecule has 1 N–H and O–H groups in total. The third-order valence-corrected chi connectivity index (χ3v) is 2.92. The van der Waals surface area contributed by atoms with Crippen LogP contribution >= 0.6 is 11.3 Å². The van der Waals surface area contributed by atoms with Crippen LogP contribution in [0.5, 0.6) is 0 Å². The van der Waals surface area contributed by atoms with Crippen molar-refractivity contribution < 1.29 is 0 Å². The van der Waals surface area contributed by atoms with Crippen molar-refractivity contribution in [3.8, 4) is 6.07 Å². The van der Waals surface area contributed by atoms with E-state index in [1.54, 1.807) is 0 Å². The van der Waals surface area contributed by atoms with Gasteiger partial charge in [-0.2, -0.15) is 20.7 Å². The van der Waals surface area contributed by atoms with Gasteiger partial charge in [0.05, 0.1) is 10.2 Å². The van der Waals surface area contributed by atoms with Crippen LogP contribution in [0.25, 0.3) is 21.3 Å². The van der Waals surface area contributed by atoms with Gasteiger partial charge in [-0.1, -0.05) is 0 Å². The van der Waals surface area contributed by atoms with E-state index in [0.717, 1.165) is 21.3 Å². The molecule has 14 heavy (non-hydrogen) atoms. The van der Waals surface area contributed by atoms with Gasteiger partial charge in [0.25, 0.3) is 0 Å². The Bertz CT molecular complexity index is 659. The largest absolute Gasteiger partial charge is 0.226 e. The molecule has 0 bridgehead atoms. The lowest BCUT2D eigenvalue weighted by Gasteiger charge is -1.85. The van der Waals surface area contributed by atoms with Gasteiger partial charge in [-0.05, 0) is 12.1 Å². The van der Waals surface area contributed by atoms with E-state index < -0.39 is 0 Å². The predicted octanol–water partition coefficient (Wildman–Crippen LogP) is 1.44. The first-order valence-corrected chi connectivity index (χ1v) is 4.70. The number of rotatable bonds is 0. The molecular weight excluding hydrogens is 198 g/mol. The van der Waals surface area contributed by atoms with E-state index in [1.807, 2.05) is 18.2 Å². The van der Waals surface area contributed by atoms with Crippen LogP contribution in [0.15, 0.2) is 12.1 Å². The van der Waals surface area contributed by atoms with Gasteiger partial charge in [0.15, 0.2) is 5.01 Å². The molecule has 0 fully saturated rings. The molecule has 0 aliphatic rings. The summed E-state index contributed by atoms with van der Waals surface area (Å²) in [4.78, 5) is 4.14. The molecule has 1 aromatic carbocycles. The van der Waals surface area contributed by atoms with Gasteiger partial charge in [-0.3, -0.25) is 0 Å². The number of nitrogens with one attached hydrogen (secondary N) is 1. The summed E-state index contributed by atoms with van der Waals surface area (Å²) in [5, 5.41) is 19.7. The van der Waals surface area contributed by atoms with Crippen molar-refractivity contribution in [1.82, 2.24) is 20.4 Å². The lowest BCUT2D eigenvalue weighted by molar-refractivity contribution is 0.960. The lowest BCUT2D eigenvalue weighted by atomic mass is 10.3. The molecule has 0 aliphatic carbocycles. The first-order valence-electron chi connectivity index (χ1n) is 3.88. The van der Waals surface area contributed by atoms with Crippen LogP contribution in [0, 0.1) is 11.3 Å². The topological polar surface area (TPSA) is 78.2 Å². The van der Waals surface area contributed by atoms with E-state index in [0.29, 0.717) is 5.01 Å². The molecule has 0 spiro atoms. The van der Waals surface area contributed by atoms with Crippen LogP contribution in [-0.4, -0.2) is 20.4 Å². The maximum Gasteiger partial charge on any atom is 0.195 e. The smallest absolute Gasteiger partial charge is 0.195 e. The van der Waals surface area contributed by atoms with Gasteiger partial charge in [-0.15, -0.1) is 11.3 Å². The zero-order valence-corrected chi connectivity index (χ0v) is 7.67. The molecule has 0 saturated carbocycles. The number of benzene rings is 1. The van der Waals surface area contributed by atoms with Gasteiger partial charge in [-0.25, -0.2) is 4.98 Å². The zero-order chi connectivity index (χ0) is 9.54. The van der Waals surface area contributed by atoms with Crippen LogP contribution in [0.1, 0.15) is 5.01 Å². The van der Waals surface area contributed by atoms with Crippen LogP contribution in [-0.2, 0) is 0 Å². The van der Waals surface area contributed by atoms with Crippen molar-refractivity contribution in [3.05, 3.63) is 17.1 Å². The molecule has 66 valence electrons. The quantitative estimate of drug-likeness (QED) is 0.596. The number of nitrogens with zero attached hydrogens (tertiary/aromatic N) is 4. The van der Waals surface area contributed by atoms with E-state index in [1.165, 1.54) is 11.3 Å². The average Bonchev–Trinajstić information content (AvgIpc) is 2.82. The molecule has 0 radical (unpaired) electrons. The van der Waals surface area contributed by atoms with Crippen molar-refractivity contribution in [2.45, 2.75) is 0 Å². The summed E-state index contributed by atoms with van der Waals surface area (Å²) >= 11 is 1.34. The zero-order valence-electron chi connectivity index (χ0n) is 6.85. The highest BCUT2D eigenvalue weighted by Crippen LogP contribution is 2.27. The minimum Gasteiger partial charge on any atom is -0.226 e. The fourth-order valence-corrected chi connectivity index (χ4v) is 2.19. The molecule has 0 atom stereocenters. The molecular formula is C8H3N5S. The number of fused-ring (bicyclic) bond motifs is 3. The Balaban J connectivity index is 2.56. The summed E-state index contributed by atoms with van der Waals surface area (Å²) in [7, 11) is 0.